The number of para-hydroxylation sites is 1. The Balaban J connectivity index is 1.55. The van der Waals surface area contributed by atoms with E-state index in [0.717, 1.165) is 0 Å². The molecule has 1 saturated heterocycles. The number of hydrogen-bond acceptors (Lipinski definition) is 8. The van der Waals surface area contributed by atoms with E-state index >= 15 is 0 Å². The van der Waals surface area contributed by atoms with Gasteiger partial charge in [0, 0.05) is 13.1 Å². The summed E-state index contributed by atoms with van der Waals surface area (Å²) in [6, 6.07) is 13.1. The highest BCUT2D eigenvalue weighted by molar-refractivity contribution is 7.89. The normalized spacial score (nSPS) is 14.3. The standard InChI is InChI=1S/C22H26N2O8S/c1-29-19-8-7-17(15-20(19)33(27,28)24-10-13-30-14-11-24)22(26)32-16-21(25)23-9-12-31-18-5-3-2-4-6-18/h2-8,15H,9-14,16H2,1H3,(H,23,25). The van der Waals surface area contributed by atoms with E-state index in [1.54, 1.807) is 12.1 Å². The van der Waals surface area contributed by atoms with Crippen LogP contribution in [-0.4, -0.2) is 77.8 Å². The number of sulfonamides is 1. The average Bonchev–Trinajstić information content (AvgIpc) is 2.86. The Bertz CT molecular complexity index is 1050. The molecule has 1 amide bonds. The van der Waals surface area contributed by atoms with Gasteiger partial charge < -0.3 is 24.3 Å². The van der Waals surface area contributed by atoms with E-state index in [-0.39, 0.29) is 55.7 Å². The lowest BCUT2D eigenvalue weighted by atomic mass is 10.2. The third-order valence-corrected chi connectivity index (χ3v) is 6.68. The first-order valence-corrected chi connectivity index (χ1v) is 11.7. The second kappa shape index (κ2) is 11.6. The molecule has 0 spiro atoms. The number of ether oxygens (including phenoxy) is 4. The molecular weight excluding hydrogens is 452 g/mol. The van der Waals surface area contributed by atoms with Crippen molar-refractivity contribution in [3.8, 4) is 11.5 Å². The molecule has 0 saturated carbocycles. The average molecular weight is 479 g/mol. The number of carbonyl (C=O) groups excluding carboxylic acids is 2. The van der Waals surface area contributed by atoms with Crippen molar-refractivity contribution in [1.29, 1.82) is 0 Å². The van der Waals surface area contributed by atoms with Gasteiger partial charge in [-0.25, -0.2) is 13.2 Å². The Morgan fingerprint density at radius 1 is 1.09 bits per heavy atom. The van der Waals surface area contributed by atoms with Gasteiger partial charge in [-0.3, -0.25) is 4.79 Å². The van der Waals surface area contributed by atoms with Crippen LogP contribution >= 0.6 is 0 Å². The quantitative estimate of drug-likeness (QED) is 0.398. The minimum atomic E-state index is -3.90. The fourth-order valence-electron chi connectivity index (χ4n) is 3.07. The van der Waals surface area contributed by atoms with Crippen molar-refractivity contribution in [3.05, 3.63) is 54.1 Å². The van der Waals surface area contributed by atoms with Crippen LogP contribution in [0.1, 0.15) is 10.4 Å². The molecule has 1 N–H and O–H groups in total. The number of methoxy groups -OCH3 is 1. The van der Waals surface area contributed by atoms with Crippen molar-refractivity contribution in [1.82, 2.24) is 9.62 Å². The number of nitrogens with zero attached hydrogens (tertiary/aromatic N) is 1. The van der Waals surface area contributed by atoms with Crippen LogP contribution in [0.4, 0.5) is 0 Å². The summed E-state index contributed by atoms with van der Waals surface area (Å²) in [5.74, 6) is -0.545. The van der Waals surface area contributed by atoms with Gasteiger partial charge in [0.05, 0.1) is 32.4 Å². The molecule has 0 radical (unpaired) electrons. The maximum absolute atomic E-state index is 13.0. The molecule has 33 heavy (non-hydrogen) atoms. The van der Waals surface area contributed by atoms with Gasteiger partial charge in [-0.05, 0) is 30.3 Å². The third-order valence-electron chi connectivity index (χ3n) is 4.76. The molecule has 10 nitrogen and oxygen atoms in total. The zero-order valence-corrected chi connectivity index (χ0v) is 19.0. The van der Waals surface area contributed by atoms with Gasteiger partial charge in [0.1, 0.15) is 23.0 Å². The Labute approximate surface area is 192 Å². The molecule has 1 heterocycles. The van der Waals surface area contributed by atoms with Crippen molar-refractivity contribution in [2.75, 3.05) is 53.2 Å². The molecule has 1 aliphatic heterocycles. The Hall–Kier alpha value is -3.15. The first kappa shape index (κ1) is 24.5. The van der Waals surface area contributed by atoms with E-state index in [1.807, 2.05) is 18.2 Å². The van der Waals surface area contributed by atoms with E-state index in [1.165, 1.54) is 29.6 Å². The second-order valence-corrected chi connectivity index (χ2v) is 8.88. The molecule has 3 rings (SSSR count). The molecule has 0 aliphatic carbocycles. The highest BCUT2D eigenvalue weighted by Gasteiger charge is 2.30. The second-order valence-electron chi connectivity index (χ2n) is 6.97. The molecule has 178 valence electrons. The smallest absolute Gasteiger partial charge is 0.338 e. The number of benzene rings is 2. The van der Waals surface area contributed by atoms with Crippen LogP contribution < -0.4 is 14.8 Å². The molecule has 1 fully saturated rings. The highest BCUT2D eigenvalue weighted by atomic mass is 32.2. The maximum atomic E-state index is 13.0. The number of amides is 1. The summed E-state index contributed by atoms with van der Waals surface area (Å²) < 4.78 is 48.2. The van der Waals surface area contributed by atoms with Crippen LogP contribution in [0.5, 0.6) is 11.5 Å². The Morgan fingerprint density at radius 3 is 2.52 bits per heavy atom. The zero-order chi connectivity index (χ0) is 23.7. The molecular formula is C22H26N2O8S. The van der Waals surface area contributed by atoms with Crippen LogP contribution in [0.3, 0.4) is 0 Å². The van der Waals surface area contributed by atoms with Crippen molar-refractivity contribution in [2.45, 2.75) is 4.90 Å². The Morgan fingerprint density at radius 2 is 1.82 bits per heavy atom. The van der Waals surface area contributed by atoms with E-state index in [0.29, 0.717) is 5.75 Å². The lowest BCUT2D eigenvalue weighted by Gasteiger charge is -2.26. The van der Waals surface area contributed by atoms with Crippen LogP contribution in [0.15, 0.2) is 53.4 Å². The maximum Gasteiger partial charge on any atom is 0.338 e. The van der Waals surface area contributed by atoms with Gasteiger partial charge in [-0.15, -0.1) is 0 Å². The summed E-state index contributed by atoms with van der Waals surface area (Å²) in [7, 11) is -2.56. The van der Waals surface area contributed by atoms with Crippen LogP contribution in [-0.2, 0) is 24.3 Å². The van der Waals surface area contributed by atoms with Gasteiger partial charge in [0.2, 0.25) is 10.0 Å². The van der Waals surface area contributed by atoms with Crippen molar-refractivity contribution in [3.63, 3.8) is 0 Å². The molecule has 0 aromatic heterocycles. The summed E-state index contributed by atoms with van der Waals surface area (Å²) in [5.41, 5.74) is -0.0113. The van der Waals surface area contributed by atoms with Gasteiger partial charge >= 0.3 is 5.97 Å². The summed E-state index contributed by atoms with van der Waals surface area (Å²) in [5, 5.41) is 2.58. The van der Waals surface area contributed by atoms with Crippen LogP contribution in [0, 0.1) is 0 Å². The predicted octanol–water partition coefficient (Wildman–Crippen LogP) is 1.07. The number of hydrogen-bond donors (Lipinski definition) is 1. The Kier molecular flexibility index (Phi) is 8.64. The largest absolute Gasteiger partial charge is 0.495 e. The first-order chi connectivity index (χ1) is 15.9. The molecule has 1 aliphatic rings. The summed E-state index contributed by atoms with van der Waals surface area (Å²) in [6.07, 6.45) is 0. The number of nitrogens with one attached hydrogen (secondary N) is 1. The molecule has 2 aromatic carbocycles. The third kappa shape index (κ3) is 6.67. The zero-order valence-electron chi connectivity index (χ0n) is 18.2. The van der Waals surface area contributed by atoms with E-state index in [2.05, 4.69) is 5.32 Å². The fraction of sp³-hybridized carbons (Fsp3) is 0.364. The van der Waals surface area contributed by atoms with Crippen molar-refractivity contribution < 1.29 is 37.0 Å². The monoisotopic (exact) mass is 478 g/mol. The summed E-state index contributed by atoms with van der Waals surface area (Å²) >= 11 is 0. The molecule has 2 aromatic rings. The molecule has 0 atom stereocenters. The molecule has 0 unspecified atom stereocenters. The molecule has 11 heteroatoms. The highest BCUT2D eigenvalue weighted by Crippen LogP contribution is 2.28. The SMILES string of the molecule is COc1ccc(C(=O)OCC(=O)NCCOc2ccccc2)cc1S(=O)(=O)N1CCOCC1. The fourth-order valence-corrected chi connectivity index (χ4v) is 4.66. The van der Waals surface area contributed by atoms with Gasteiger partial charge in [0.25, 0.3) is 5.91 Å². The van der Waals surface area contributed by atoms with Crippen molar-refractivity contribution >= 4 is 21.9 Å². The lowest BCUT2D eigenvalue weighted by molar-refractivity contribution is -0.124. The number of carbonyl (C=O) groups is 2. The van der Waals surface area contributed by atoms with E-state index < -0.39 is 28.5 Å². The number of rotatable bonds is 10. The van der Waals surface area contributed by atoms with Gasteiger partial charge in [-0.1, -0.05) is 18.2 Å². The van der Waals surface area contributed by atoms with Gasteiger partial charge in [0.15, 0.2) is 6.61 Å². The van der Waals surface area contributed by atoms with E-state index in [4.69, 9.17) is 18.9 Å². The van der Waals surface area contributed by atoms with Crippen LogP contribution in [0.2, 0.25) is 0 Å². The minimum Gasteiger partial charge on any atom is -0.495 e. The number of esters is 1. The van der Waals surface area contributed by atoms with Gasteiger partial charge in [-0.2, -0.15) is 4.31 Å². The number of morpholine rings is 1. The van der Waals surface area contributed by atoms with E-state index in [9.17, 15) is 18.0 Å². The lowest BCUT2D eigenvalue weighted by Crippen LogP contribution is -2.40. The summed E-state index contributed by atoms with van der Waals surface area (Å²) in [4.78, 5) is 24.2. The minimum absolute atomic E-state index is 0.0113. The molecule has 0 bridgehead atoms. The van der Waals surface area contributed by atoms with Crippen molar-refractivity contribution in [2.24, 2.45) is 0 Å². The van der Waals surface area contributed by atoms with Crippen LogP contribution in [0.25, 0.3) is 0 Å². The summed E-state index contributed by atoms with van der Waals surface area (Å²) in [6.45, 7) is 0.953. The topological polar surface area (TPSA) is 120 Å². The first-order valence-electron chi connectivity index (χ1n) is 10.3. The predicted molar refractivity (Wildman–Crippen MR) is 118 cm³/mol.